The summed E-state index contributed by atoms with van der Waals surface area (Å²) in [5.74, 6) is 5.59. The second kappa shape index (κ2) is 5.03. The molecule has 1 aliphatic carbocycles. The summed E-state index contributed by atoms with van der Waals surface area (Å²) < 4.78 is 0. The standard InChI is InChI=1S/C11H16N4O/c12-15-11(16)9-3-1-8(2-4-9)10-7-13-5-6-14-10/h5-9H,1-4,12H2,(H,15,16). The second-order valence-corrected chi connectivity index (χ2v) is 4.19. The van der Waals surface area contributed by atoms with Gasteiger partial charge in [0, 0.05) is 30.4 Å². The molecule has 1 aromatic heterocycles. The van der Waals surface area contributed by atoms with E-state index in [4.69, 9.17) is 5.84 Å². The Labute approximate surface area is 94.4 Å². The van der Waals surface area contributed by atoms with Crippen molar-refractivity contribution in [3.8, 4) is 0 Å². The van der Waals surface area contributed by atoms with Gasteiger partial charge in [0.2, 0.25) is 5.91 Å². The monoisotopic (exact) mass is 220 g/mol. The van der Waals surface area contributed by atoms with E-state index in [0.29, 0.717) is 5.92 Å². The molecular formula is C11H16N4O. The van der Waals surface area contributed by atoms with Gasteiger partial charge < -0.3 is 0 Å². The molecular weight excluding hydrogens is 204 g/mol. The smallest absolute Gasteiger partial charge is 0.236 e. The lowest BCUT2D eigenvalue weighted by Crippen LogP contribution is -2.37. The third-order valence-electron chi connectivity index (χ3n) is 3.24. The van der Waals surface area contributed by atoms with Crippen molar-refractivity contribution in [2.75, 3.05) is 0 Å². The molecule has 0 bridgehead atoms. The van der Waals surface area contributed by atoms with Crippen LogP contribution < -0.4 is 11.3 Å². The number of nitrogens with zero attached hydrogens (tertiary/aromatic N) is 2. The van der Waals surface area contributed by atoms with Crippen molar-refractivity contribution in [1.29, 1.82) is 0 Å². The van der Waals surface area contributed by atoms with E-state index in [2.05, 4.69) is 15.4 Å². The first kappa shape index (κ1) is 11.0. The number of carbonyl (C=O) groups is 1. The SMILES string of the molecule is NNC(=O)C1CCC(c2cnccn2)CC1. The molecule has 3 N–H and O–H groups in total. The van der Waals surface area contributed by atoms with Gasteiger partial charge in [-0.1, -0.05) is 0 Å². The van der Waals surface area contributed by atoms with Crippen LogP contribution in [0.25, 0.3) is 0 Å². The van der Waals surface area contributed by atoms with E-state index < -0.39 is 0 Å². The van der Waals surface area contributed by atoms with Crippen LogP contribution in [0.3, 0.4) is 0 Å². The molecule has 5 nitrogen and oxygen atoms in total. The normalized spacial score (nSPS) is 25.1. The van der Waals surface area contributed by atoms with Crippen molar-refractivity contribution >= 4 is 5.91 Å². The zero-order valence-corrected chi connectivity index (χ0v) is 9.10. The lowest BCUT2D eigenvalue weighted by molar-refractivity contribution is -0.126. The lowest BCUT2D eigenvalue weighted by Gasteiger charge is -2.26. The minimum atomic E-state index is -0.0439. The minimum Gasteiger partial charge on any atom is -0.294 e. The molecule has 0 saturated heterocycles. The number of hydrogen-bond donors (Lipinski definition) is 2. The first-order valence-electron chi connectivity index (χ1n) is 5.57. The molecule has 5 heteroatoms. The highest BCUT2D eigenvalue weighted by Crippen LogP contribution is 2.34. The molecule has 0 unspecified atom stereocenters. The predicted molar refractivity (Wildman–Crippen MR) is 59.1 cm³/mol. The van der Waals surface area contributed by atoms with Gasteiger partial charge in [-0.05, 0) is 25.7 Å². The van der Waals surface area contributed by atoms with Gasteiger partial charge in [0.05, 0.1) is 5.69 Å². The summed E-state index contributed by atoms with van der Waals surface area (Å²) >= 11 is 0. The van der Waals surface area contributed by atoms with Crippen molar-refractivity contribution in [2.24, 2.45) is 11.8 Å². The summed E-state index contributed by atoms with van der Waals surface area (Å²) in [6.07, 6.45) is 8.93. The molecule has 1 saturated carbocycles. The summed E-state index contributed by atoms with van der Waals surface area (Å²) in [7, 11) is 0. The van der Waals surface area contributed by atoms with E-state index in [0.717, 1.165) is 31.4 Å². The highest BCUT2D eigenvalue weighted by molar-refractivity contribution is 5.78. The van der Waals surface area contributed by atoms with Gasteiger partial charge in [-0.2, -0.15) is 0 Å². The molecule has 1 heterocycles. The molecule has 1 aliphatic rings. The van der Waals surface area contributed by atoms with Crippen LogP contribution in [0, 0.1) is 5.92 Å². The first-order valence-corrected chi connectivity index (χ1v) is 5.57. The Morgan fingerprint density at radius 1 is 1.31 bits per heavy atom. The van der Waals surface area contributed by atoms with Crippen LogP contribution in [-0.4, -0.2) is 15.9 Å². The molecule has 1 fully saturated rings. The van der Waals surface area contributed by atoms with Crippen LogP contribution in [0.4, 0.5) is 0 Å². The maximum atomic E-state index is 11.3. The molecule has 0 spiro atoms. The van der Waals surface area contributed by atoms with E-state index in [-0.39, 0.29) is 11.8 Å². The van der Waals surface area contributed by atoms with E-state index in [1.165, 1.54) is 0 Å². The number of hydrazine groups is 1. The van der Waals surface area contributed by atoms with Crippen LogP contribution in [0.1, 0.15) is 37.3 Å². The summed E-state index contributed by atoms with van der Waals surface area (Å²) in [4.78, 5) is 19.7. The maximum Gasteiger partial charge on any atom is 0.236 e. The fourth-order valence-corrected chi connectivity index (χ4v) is 2.29. The third-order valence-corrected chi connectivity index (χ3v) is 3.24. The Kier molecular flexibility index (Phi) is 3.46. The largest absolute Gasteiger partial charge is 0.294 e. The highest BCUT2D eigenvalue weighted by atomic mass is 16.2. The van der Waals surface area contributed by atoms with Crippen LogP contribution in [-0.2, 0) is 4.79 Å². The van der Waals surface area contributed by atoms with Crippen LogP contribution >= 0.6 is 0 Å². The van der Waals surface area contributed by atoms with Crippen molar-refractivity contribution in [1.82, 2.24) is 15.4 Å². The van der Waals surface area contributed by atoms with E-state index in [1.54, 1.807) is 12.4 Å². The Hall–Kier alpha value is -1.49. The van der Waals surface area contributed by atoms with E-state index in [1.807, 2.05) is 6.20 Å². The zero-order chi connectivity index (χ0) is 11.4. The third kappa shape index (κ3) is 2.36. The Balaban J connectivity index is 1.93. The number of amides is 1. The summed E-state index contributed by atoms with van der Waals surface area (Å²) in [6.45, 7) is 0. The molecule has 2 rings (SSSR count). The molecule has 1 aromatic rings. The molecule has 86 valence electrons. The topological polar surface area (TPSA) is 80.9 Å². The van der Waals surface area contributed by atoms with Crippen molar-refractivity contribution in [2.45, 2.75) is 31.6 Å². The van der Waals surface area contributed by atoms with Gasteiger partial charge in [-0.25, -0.2) is 5.84 Å². The average Bonchev–Trinajstić information content (AvgIpc) is 2.39. The van der Waals surface area contributed by atoms with Gasteiger partial charge in [0.1, 0.15) is 0 Å². The Morgan fingerprint density at radius 3 is 2.62 bits per heavy atom. The number of carbonyl (C=O) groups excluding carboxylic acids is 1. The van der Waals surface area contributed by atoms with Gasteiger partial charge in [0.15, 0.2) is 0 Å². The van der Waals surface area contributed by atoms with Crippen LogP contribution in [0.15, 0.2) is 18.6 Å². The molecule has 0 aromatic carbocycles. The minimum absolute atomic E-state index is 0.0439. The lowest BCUT2D eigenvalue weighted by atomic mass is 9.80. The first-order chi connectivity index (χ1) is 7.81. The van der Waals surface area contributed by atoms with E-state index >= 15 is 0 Å². The van der Waals surface area contributed by atoms with E-state index in [9.17, 15) is 4.79 Å². The number of rotatable bonds is 2. The molecule has 16 heavy (non-hydrogen) atoms. The van der Waals surface area contributed by atoms with Crippen LogP contribution in [0.5, 0.6) is 0 Å². The highest BCUT2D eigenvalue weighted by Gasteiger charge is 2.27. The van der Waals surface area contributed by atoms with Crippen LogP contribution in [0.2, 0.25) is 0 Å². The second-order valence-electron chi connectivity index (χ2n) is 4.19. The number of aromatic nitrogens is 2. The van der Waals surface area contributed by atoms with Gasteiger partial charge in [-0.15, -0.1) is 0 Å². The van der Waals surface area contributed by atoms with Gasteiger partial charge in [-0.3, -0.25) is 20.2 Å². The molecule has 0 atom stereocenters. The summed E-state index contributed by atoms with van der Waals surface area (Å²) in [6, 6.07) is 0. The van der Waals surface area contributed by atoms with Crippen molar-refractivity contribution in [3.05, 3.63) is 24.3 Å². The van der Waals surface area contributed by atoms with Gasteiger partial charge in [0.25, 0.3) is 0 Å². The quantitative estimate of drug-likeness (QED) is 0.437. The number of hydrogen-bond acceptors (Lipinski definition) is 4. The van der Waals surface area contributed by atoms with Gasteiger partial charge >= 0.3 is 0 Å². The molecule has 1 amide bonds. The fourth-order valence-electron chi connectivity index (χ4n) is 2.29. The number of nitrogens with two attached hydrogens (primary N) is 1. The molecule has 0 aliphatic heterocycles. The van der Waals surface area contributed by atoms with Crippen molar-refractivity contribution < 1.29 is 4.79 Å². The number of nitrogens with one attached hydrogen (secondary N) is 1. The summed E-state index contributed by atoms with van der Waals surface area (Å²) in [5, 5.41) is 0. The Bertz CT molecular complexity index is 346. The maximum absolute atomic E-state index is 11.3. The Morgan fingerprint density at radius 2 is 2.06 bits per heavy atom. The summed E-state index contributed by atoms with van der Waals surface area (Å²) in [5.41, 5.74) is 3.26. The zero-order valence-electron chi connectivity index (χ0n) is 9.10. The fraction of sp³-hybridized carbons (Fsp3) is 0.545. The van der Waals surface area contributed by atoms with Crippen molar-refractivity contribution in [3.63, 3.8) is 0 Å². The average molecular weight is 220 g/mol. The predicted octanol–water partition coefficient (Wildman–Crippen LogP) is 0.740. The molecule has 0 radical (unpaired) electrons.